The van der Waals surface area contributed by atoms with Crippen molar-refractivity contribution in [2.24, 2.45) is 0 Å². The molecule has 5 nitrogen and oxygen atoms in total. The molecule has 180 valence electrons. The number of hydrogen-bond acceptors (Lipinski definition) is 3. The predicted octanol–water partition coefficient (Wildman–Crippen LogP) is 5.93. The molecule has 0 radical (unpaired) electrons. The minimum Gasteiger partial charge on any atom is -0.491 e. The number of carbonyl (C=O) groups is 1. The zero-order valence-corrected chi connectivity index (χ0v) is 20.7. The third-order valence-electron chi connectivity index (χ3n) is 7.01. The standard InChI is InChI=1S/C29H36N2O3/c1-29(2,3)34-28(32)31-17-13-22-11-12-23-14-16-30(27(23)25(22)15-18-31)19-20-33-26-10-6-8-21-7-4-5-9-24(21)26/h6,8,10-12,14,16H,4-5,7,9,13,15,17-20H2,1-3H3. The summed E-state index contributed by atoms with van der Waals surface area (Å²) in [5.74, 6) is 1.06. The molecule has 0 atom stereocenters. The highest BCUT2D eigenvalue weighted by Gasteiger charge is 2.25. The number of carbonyl (C=O) groups excluding carboxylic acids is 1. The van der Waals surface area contributed by atoms with E-state index in [1.807, 2.05) is 25.7 Å². The molecule has 5 heteroatoms. The van der Waals surface area contributed by atoms with Gasteiger partial charge in [0.15, 0.2) is 0 Å². The van der Waals surface area contributed by atoms with Crippen LogP contribution in [0.1, 0.15) is 55.9 Å². The maximum Gasteiger partial charge on any atom is 0.410 e. The fraction of sp³-hybridized carbons (Fsp3) is 0.483. The van der Waals surface area contributed by atoms with Gasteiger partial charge in [0.2, 0.25) is 0 Å². The second kappa shape index (κ2) is 9.36. The Bertz CT molecular complexity index is 1190. The van der Waals surface area contributed by atoms with Gasteiger partial charge in [0.05, 0.1) is 12.1 Å². The molecule has 34 heavy (non-hydrogen) atoms. The highest BCUT2D eigenvalue weighted by atomic mass is 16.6. The molecule has 0 N–H and O–H groups in total. The monoisotopic (exact) mass is 460 g/mol. The van der Waals surface area contributed by atoms with Gasteiger partial charge in [0, 0.05) is 19.3 Å². The number of amides is 1. The lowest BCUT2D eigenvalue weighted by Crippen LogP contribution is -2.38. The number of aromatic nitrogens is 1. The van der Waals surface area contributed by atoms with Crippen molar-refractivity contribution < 1.29 is 14.3 Å². The van der Waals surface area contributed by atoms with Crippen molar-refractivity contribution in [3.8, 4) is 5.75 Å². The molecule has 5 rings (SSSR count). The molecule has 2 aromatic carbocycles. The molecule has 0 saturated heterocycles. The van der Waals surface area contributed by atoms with Crippen LogP contribution in [0.25, 0.3) is 10.9 Å². The number of ether oxygens (including phenoxy) is 2. The van der Waals surface area contributed by atoms with E-state index in [2.05, 4.69) is 47.2 Å². The third-order valence-corrected chi connectivity index (χ3v) is 7.01. The number of fused-ring (bicyclic) bond motifs is 4. The lowest BCUT2D eigenvalue weighted by Gasteiger charge is -2.26. The number of nitrogens with zero attached hydrogens (tertiary/aromatic N) is 2. The van der Waals surface area contributed by atoms with Gasteiger partial charge in [-0.1, -0.05) is 24.3 Å². The van der Waals surface area contributed by atoms with Gasteiger partial charge in [-0.05, 0) is 99.1 Å². The first-order valence-corrected chi connectivity index (χ1v) is 12.7. The fourth-order valence-electron chi connectivity index (χ4n) is 5.37. The molecule has 0 spiro atoms. The van der Waals surface area contributed by atoms with E-state index >= 15 is 0 Å². The number of aryl methyl sites for hydroxylation is 1. The minimum atomic E-state index is -0.476. The molecule has 1 amide bonds. The Morgan fingerprint density at radius 3 is 2.56 bits per heavy atom. The van der Waals surface area contributed by atoms with Crippen molar-refractivity contribution in [2.75, 3.05) is 19.7 Å². The van der Waals surface area contributed by atoms with E-state index in [1.165, 1.54) is 52.4 Å². The summed E-state index contributed by atoms with van der Waals surface area (Å²) < 4.78 is 14.3. The Labute approximate surface area is 202 Å². The molecule has 1 aliphatic heterocycles. The van der Waals surface area contributed by atoms with Crippen LogP contribution in [-0.4, -0.2) is 40.9 Å². The van der Waals surface area contributed by atoms with Gasteiger partial charge in [-0.3, -0.25) is 0 Å². The Balaban J connectivity index is 1.31. The van der Waals surface area contributed by atoms with Crippen LogP contribution in [0.5, 0.6) is 5.75 Å². The highest BCUT2D eigenvalue weighted by Crippen LogP contribution is 2.30. The number of rotatable bonds is 4. The zero-order valence-electron chi connectivity index (χ0n) is 20.7. The molecular weight excluding hydrogens is 424 g/mol. The summed E-state index contributed by atoms with van der Waals surface area (Å²) in [7, 11) is 0. The van der Waals surface area contributed by atoms with Crippen molar-refractivity contribution in [2.45, 2.75) is 71.4 Å². The molecule has 3 aromatic rings. The van der Waals surface area contributed by atoms with Gasteiger partial charge in [-0.15, -0.1) is 0 Å². The van der Waals surface area contributed by atoms with Crippen LogP contribution in [0.3, 0.4) is 0 Å². The average Bonchev–Trinajstić information content (AvgIpc) is 3.09. The first-order valence-electron chi connectivity index (χ1n) is 12.7. The van der Waals surface area contributed by atoms with Crippen LogP contribution < -0.4 is 4.74 Å². The fourth-order valence-corrected chi connectivity index (χ4v) is 5.37. The van der Waals surface area contributed by atoms with Crippen LogP contribution in [0.4, 0.5) is 4.79 Å². The predicted molar refractivity (Wildman–Crippen MR) is 136 cm³/mol. The van der Waals surface area contributed by atoms with E-state index in [0.717, 1.165) is 31.6 Å². The molecule has 0 saturated carbocycles. The van der Waals surface area contributed by atoms with Crippen molar-refractivity contribution in [1.29, 1.82) is 0 Å². The molecule has 2 heterocycles. The van der Waals surface area contributed by atoms with Gasteiger partial charge in [-0.2, -0.15) is 0 Å². The Morgan fingerprint density at radius 1 is 0.912 bits per heavy atom. The first-order chi connectivity index (χ1) is 16.4. The largest absolute Gasteiger partial charge is 0.491 e. The van der Waals surface area contributed by atoms with Gasteiger partial charge in [0.25, 0.3) is 0 Å². The number of benzene rings is 2. The summed E-state index contributed by atoms with van der Waals surface area (Å²) in [6, 6.07) is 13.1. The third kappa shape index (κ3) is 4.79. The zero-order chi connectivity index (χ0) is 23.7. The SMILES string of the molecule is CC(C)(C)OC(=O)N1CCc2ccc3ccn(CCOc4cccc5c4CCCC5)c3c2CC1. The summed E-state index contributed by atoms with van der Waals surface area (Å²) in [6.07, 6.45) is 8.47. The van der Waals surface area contributed by atoms with Gasteiger partial charge in [0.1, 0.15) is 18.0 Å². The van der Waals surface area contributed by atoms with Crippen molar-refractivity contribution in [1.82, 2.24) is 9.47 Å². The van der Waals surface area contributed by atoms with E-state index < -0.39 is 5.60 Å². The lowest BCUT2D eigenvalue weighted by molar-refractivity contribution is 0.0258. The van der Waals surface area contributed by atoms with E-state index in [-0.39, 0.29) is 6.09 Å². The normalized spacial score (nSPS) is 16.0. The number of hydrogen-bond donors (Lipinski definition) is 0. The topological polar surface area (TPSA) is 43.7 Å². The van der Waals surface area contributed by atoms with Crippen LogP contribution in [0.2, 0.25) is 0 Å². The smallest absolute Gasteiger partial charge is 0.410 e. The van der Waals surface area contributed by atoms with Gasteiger partial charge >= 0.3 is 6.09 Å². The van der Waals surface area contributed by atoms with Crippen LogP contribution in [-0.2, 0) is 37.0 Å². The van der Waals surface area contributed by atoms with E-state index in [1.54, 1.807) is 0 Å². The summed E-state index contributed by atoms with van der Waals surface area (Å²) in [6.45, 7) is 8.58. The van der Waals surface area contributed by atoms with Crippen molar-refractivity contribution >= 4 is 17.0 Å². The van der Waals surface area contributed by atoms with Crippen molar-refractivity contribution in [3.63, 3.8) is 0 Å². The Kier molecular flexibility index (Phi) is 6.28. The maximum atomic E-state index is 12.7. The van der Waals surface area contributed by atoms with Crippen LogP contribution >= 0.6 is 0 Å². The molecule has 1 aliphatic carbocycles. The molecule has 0 bridgehead atoms. The quantitative estimate of drug-likeness (QED) is 0.484. The minimum absolute atomic E-state index is 0.216. The van der Waals surface area contributed by atoms with E-state index in [9.17, 15) is 4.79 Å². The summed E-state index contributed by atoms with van der Waals surface area (Å²) in [5, 5.41) is 1.25. The van der Waals surface area contributed by atoms with E-state index in [0.29, 0.717) is 19.7 Å². The summed E-state index contributed by atoms with van der Waals surface area (Å²) in [4.78, 5) is 14.5. The molecular formula is C29H36N2O3. The second-order valence-corrected chi connectivity index (χ2v) is 10.6. The lowest BCUT2D eigenvalue weighted by atomic mass is 9.91. The maximum absolute atomic E-state index is 12.7. The second-order valence-electron chi connectivity index (χ2n) is 10.6. The molecule has 0 unspecified atom stereocenters. The molecule has 1 aromatic heterocycles. The van der Waals surface area contributed by atoms with Crippen molar-refractivity contribution in [3.05, 3.63) is 64.8 Å². The summed E-state index contributed by atoms with van der Waals surface area (Å²) >= 11 is 0. The highest BCUT2D eigenvalue weighted by molar-refractivity contribution is 5.85. The summed E-state index contributed by atoms with van der Waals surface area (Å²) in [5.41, 5.74) is 6.35. The average molecular weight is 461 g/mol. The Morgan fingerprint density at radius 2 is 1.71 bits per heavy atom. The van der Waals surface area contributed by atoms with Crippen LogP contribution in [0.15, 0.2) is 42.6 Å². The Hall–Kier alpha value is -2.95. The van der Waals surface area contributed by atoms with E-state index in [4.69, 9.17) is 9.47 Å². The van der Waals surface area contributed by atoms with Gasteiger partial charge < -0.3 is 18.9 Å². The van der Waals surface area contributed by atoms with Gasteiger partial charge in [-0.25, -0.2) is 4.79 Å². The molecule has 2 aliphatic rings. The van der Waals surface area contributed by atoms with Crippen LogP contribution in [0, 0.1) is 0 Å². The molecule has 0 fully saturated rings. The first kappa shape index (κ1) is 22.8.